The third-order valence-electron chi connectivity index (χ3n) is 7.23. The van der Waals surface area contributed by atoms with Gasteiger partial charge in [-0.15, -0.1) is 0 Å². The Bertz CT molecular complexity index is 743. The van der Waals surface area contributed by atoms with Crippen LogP contribution in [0.1, 0.15) is 66.4 Å². The van der Waals surface area contributed by atoms with Crippen molar-refractivity contribution in [1.29, 1.82) is 0 Å². The van der Waals surface area contributed by atoms with Crippen LogP contribution in [-0.2, 0) is 4.79 Å². The van der Waals surface area contributed by atoms with Crippen LogP contribution in [0.15, 0.2) is 18.2 Å². The molecular formula is C24H35N3O2. The van der Waals surface area contributed by atoms with E-state index in [1.165, 1.54) is 19.3 Å². The first kappa shape index (κ1) is 20.4. The molecule has 5 nitrogen and oxygen atoms in total. The molecule has 2 amide bonds. The lowest BCUT2D eigenvalue weighted by Gasteiger charge is -2.46. The van der Waals surface area contributed by atoms with E-state index in [1.54, 1.807) is 0 Å². The summed E-state index contributed by atoms with van der Waals surface area (Å²) in [6.45, 7) is 5.30. The number of aryl methyl sites for hydroxylation is 2. The molecule has 5 heteroatoms. The van der Waals surface area contributed by atoms with Gasteiger partial charge in [0.05, 0.1) is 5.92 Å². The fourth-order valence-corrected chi connectivity index (χ4v) is 5.96. The van der Waals surface area contributed by atoms with Crippen molar-refractivity contribution in [2.24, 2.45) is 23.5 Å². The molecule has 2 aliphatic carbocycles. The van der Waals surface area contributed by atoms with E-state index in [0.717, 1.165) is 48.9 Å². The van der Waals surface area contributed by atoms with Crippen molar-refractivity contribution in [3.05, 3.63) is 34.9 Å². The number of piperidine rings is 1. The first-order chi connectivity index (χ1) is 13.9. The van der Waals surface area contributed by atoms with E-state index in [1.807, 2.05) is 30.9 Å². The van der Waals surface area contributed by atoms with E-state index < -0.39 is 0 Å². The summed E-state index contributed by atoms with van der Waals surface area (Å²) in [5.41, 5.74) is 9.17. The van der Waals surface area contributed by atoms with Crippen molar-refractivity contribution in [3.63, 3.8) is 0 Å². The van der Waals surface area contributed by atoms with Crippen LogP contribution < -0.4 is 11.1 Å². The maximum atomic E-state index is 13.1. The number of carbonyl (C=O) groups excluding carboxylic acids is 2. The fourth-order valence-electron chi connectivity index (χ4n) is 5.96. The fraction of sp³-hybridized carbons (Fsp3) is 0.667. The number of nitrogens with two attached hydrogens (primary N) is 1. The van der Waals surface area contributed by atoms with Crippen molar-refractivity contribution < 1.29 is 9.59 Å². The smallest absolute Gasteiger partial charge is 0.253 e. The van der Waals surface area contributed by atoms with Gasteiger partial charge in [0, 0.05) is 30.7 Å². The second-order valence-corrected chi connectivity index (χ2v) is 9.68. The van der Waals surface area contributed by atoms with Crippen LogP contribution in [0.2, 0.25) is 0 Å². The number of hydrogen-bond acceptors (Lipinski definition) is 3. The Labute approximate surface area is 174 Å². The molecule has 2 saturated carbocycles. The molecule has 1 aromatic carbocycles. The Balaban J connectivity index is 1.40. The predicted octanol–water partition coefficient (Wildman–Crippen LogP) is 3.18. The molecule has 0 aromatic heterocycles. The number of likely N-dealkylation sites (tertiary alicyclic amines) is 1. The Morgan fingerprint density at radius 2 is 1.66 bits per heavy atom. The molecule has 158 valence electrons. The largest absolute Gasteiger partial charge is 0.353 e. The summed E-state index contributed by atoms with van der Waals surface area (Å²) < 4.78 is 0. The van der Waals surface area contributed by atoms with E-state index in [2.05, 4.69) is 11.4 Å². The van der Waals surface area contributed by atoms with Crippen LogP contribution in [0.4, 0.5) is 0 Å². The first-order valence-corrected chi connectivity index (χ1v) is 11.3. The lowest BCUT2D eigenvalue weighted by atomic mass is 9.67. The number of amides is 2. The topological polar surface area (TPSA) is 75.4 Å². The van der Waals surface area contributed by atoms with Gasteiger partial charge in [-0.25, -0.2) is 0 Å². The van der Waals surface area contributed by atoms with Gasteiger partial charge < -0.3 is 16.0 Å². The van der Waals surface area contributed by atoms with Crippen LogP contribution in [0.3, 0.4) is 0 Å². The summed E-state index contributed by atoms with van der Waals surface area (Å²) in [4.78, 5) is 28.0. The highest BCUT2D eigenvalue weighted by atomic mass is 16.2. The lowest BCUT2D eigenvalue weighted by molar-refractivity contribution is -0.128. The maximum Gasteiger partial charge on any atom is 0.253 e. The standard InChI is InChI=1S/C24H35N3O2/c1-15-9-16(2)11-20(10-15)24(29)27-8-4-7-19(14-27)23(28)26-22-17-5-3-6-18(22)13-21(25)12-17/h9-11,17-19,21-22H,3-8,12-14,25H2,1-2H3,(H,26,28). The number of nitrogens with one attached hydrogen (secondary N) is 1. The van der Waals surface area contributed by atoms with E-state index in [9.17, 15) is 9.59 Å². The van der Waals surface area contributed by atoms with Crippen molar-refractivity contribution in [3.8, 4) is 0 Å². The molecule has 1 aliphatic heterocycles. The van der Waals surface area contributed by atoms with Crippen LogP contribution in [0.25, 0.3) is 0 Å². The van der Waals surface area contributed by atoms with Crippen LogP contribution in [-0.4, -0.2) is 41.9 Å². The summed E-state index contributed by atoms with van der Waals surface area (Å²) >= 11 is 0. The van der Waals surface area contributed by atoms with Gasteiger partial charge in [-0.1, -0.05) is 23.6 Å². The minimum absolute atomic E-state index is 0.0507. The van der Waals surface area contributed by atoms with Gasteiger partial charge in [0.15, 0.2) is 0 Å². The molecular weight excluding hydrogens is 362 g/mol. The first-order valence-electron chi connectivity index (χ1n) is 11.3. The second-order valence-electron chi connectivity index (χ2n) is 9.68. The van der Waals surface area contributed by atoms with Gasteiger partial charge >= 0.3 is 0 Å². The highest BCUT2D eigenvalue weighted by Crippen LogP contribution is 2.40. The third-order valence-corrected chi connectivity index (χ3v) is 7.23. The molecule has 3 atom stereocenters. The highest BCUT2D eigenvalue weighted by molar-refractivity contribution is 5.95. The quantitative estimate of drug-likeness (QED) is 0.822. The Kier molecular flexibility index (Phi) is 5.95. The summed E-state index contributed by atoms with van der Waals surface area (Å²) in [6.07, 6.45) is 7.43. The predicted molar refractivity (Wildman–Crippen MR) is 115 cm³/mol. The van der Waals surface area contributed by atoms with Gasteiger partial charge in [-0.3, -0.25) is 9.59 Å². The normalized spacial score (nSPS) is 32.0. The maximum absolute atomic E-state index is 13.1. The molecule has 3 unspecified atom stereocenters. The Morgan fingerprint density at radius 1 is 1.00 bits per heavy atom. The van der Waals surface area contributed by atoms with E-state index >= 15 is 0 Å². The molecule has 4 rings (SSSR count). The van der Waals surface area contributed by atoms with E-state index in [0.29, 0.717) is 24.4 Å². The average molecular weight is 398 g/mol. The average Bonchev–Trinajstić information content (AvgIpc) is 2.67. The van der Waals surface area contributed by atoms with Crippen LogP contribution in [0.5, 0.6) is 0 Å². The van der Waals surface area contributed by atoms with E-state index in [-0.39, 0.29) is 23.8 Å². The lowest BCUT2D eigenvalue weighted by Crippen LogP contribution is -2.56. The van der Waals surface area contributed by atoms with Crippen LogP contribution >= 0.6 is 0 Å². The van der Waals surface area contributed by atoms with Gasteiger partial charge in [-0.2, -0.15) is 0 Å². The zero-order chi connectivity index (χ0) is 20.5. The molecule has 1 aromatic rings. The van der Waals surface area contributed by atoms with E-state index in [4.69, 9.17) is 5.73 Å². The van der Waals surface area contributed by atoms with Crippen molar-refractivity contribution in [2.75, 3.05) is 13.1 Å². The van der Waals surface area contributed by atoms with Gasteiger partial charge in [0.2, 0.25) is 5.91 Å². The number of hydrogen-bond donors (Lipinski definition) is 2. The summed E-state index contributed by atoms with van der Waals surface area (Å²) in [6, 6.07) is 6.55. The van der Waals surface area contributed by atoms with Crippen molar-refractivity contribution >= 4 is 11.8 Å². The van der Waals surface area contributed by atoms with Crippen LogP contribution in [0, 0.1) is 31.6 Å². The summed E-state index contributed by atoms with van der Waals surface area (Å²) in [7, 11) is 0. The molecule has 0 spiro atoms. The second kappa shape index (κ2) is 8.47. The monoisotopic (exact) mass is 397 g/mol. The van der Waals surface area contributed by atoms with Gasteiger partial charge in [-0.05, 0) is 76.3 Å². The Morgan fingerprint density at radius 3 is 2.31 bits per heavy atom. The number of fused-ring (bicyclic) bond motifs is 2. The minimum Gasteiger partial charge on any atom is -0.353 e. The number of rotatable bonds is 3. The molecule has 3 N–H and O–H groups in total. The molecule has 2 bridgehead atoms. The zero-order valence-corrected chi connectivity index (χ0v) is 17.8. The SMILES string of the molecule is Cc1cc(C)cc(C(=O)N2CCCC(C(=O)NC3C4CCCC3CC(N)C4)C2)c1. The number of nitrogens with zero attached hydrogens (tertiary/aromatic N) is 1. The molecule has 3 fully saturated rings. The zero-order valence-electron chi connectivity index (χ0n) is 17.8. The molecule has 1 heterocycles. The summed E-state index contributed by atoms with van der Waals surface area (Å²) in [5, 5.41) is 3.40. The summed E-state index contributed by atoms with van der Waals surface area (Å²) in [5.74, 6) is 1.14. The molecule has 29 heavy (non-hydrogen) atoms. The number of carbonyl (C=O) groups is 2. The molecule has 1 saturated heterocycles. The van der Waals surface area contributed by atoms with Crippen molar-refractivity contribution in [2.45, 2.75) is 70.9 Å². The van der Waals surface area contributed by atoms with Gasteiger partial charge in [0.1, 0.15) is 0 Å². The highest BCUT2D eigenvalue weighted by Gasteiger charge is 2.41. The van der Waals surface area contributed by atoms with Crippen molar-refractivity contribution in [1.82, 2.24) is 10.2 Å². The number of benzene rings is 1. The Hall–Kier alpha value is -1.88. The molecule has 0 radical (unpaired) electrons. The third kappa shape index (κ3) is 4.50. The van der Waals surface area contributed by atoms with Gasteiger partial charge in [0.25, 0.3) is 5.91 Å². The minimum atomic E-state index is -0.102. The molecule has 3 aliphatic rings.